The molecule has 0 saturated heterocycles. The Balaban J connectivity index is 3.06. The van der Waals surface area contributed by atoms with E-state index in [0.29, 0.717) is 6.07 Å². The van der Waals surface area contributed by atoms with Crippen molar-refractivity contribution in [1.29, 1.82) is 0 Å². The summed E-state index contributed by atoms with van der Waals surface area (Å²) < 4.78 is 37.8. The molecule has 0 spiro atoms. The van der Waals surface area contributed by atoms with E-state index in [9.17, 15) is 23.3 Å². The van der Waals surface area contributed by atoms with Gasteiger partial charge in [0.1, 0.15) is 5.82 Å². The number of nitro groups is 1. The molecule has 18 heavy (non-hydrogen) atoms. The molecule has 1 aromatic rings. The molecule has 0 unspecified atom stereocenters. The second-order valence-corrected chi connectivity index (χ2v) is 3.49. The maximum Gasteiger partial charge on any atom is 0.274 e. The summed E-state index contributed by atoms with van der Waals surface area (Å²) >= 11 is 0. The first-order valence-corrected chi connectivity index (χ1v) is 5.03. The molecule has 5 nitrogen and oxygen atoms in total. The van der Waals surface area contributed by atoms with Crippen LogP contribution in [0.1, 0.15) is 0 Å². The highest BCUT2D eigenvalue weighted by molar-refractivity contribution is 5.53. The minimum Gasteiger partial charge on any atom is -0.395 e. The maximum atomic E-state index is 13.1. The maximum absolute atomic E-state index is 13.1. The Kier molecular flexibility index (Phi) is 4.90. The van der Waals surface area contributed by atoms with E-state index in [0.717, 1.165) is 17.0 Å². The molecular weight excluding hydrogens is 253 g/mol. The minimum atomic E-state index is -2.70. The van der Waals surface area contributed by atoms with Gasteiger partial charge in [0.15, 0.2) is 0 Å². The van der Waals surface area contributed by atoms with Gasteiger partial charge in [-0.05, 0) is 6.07 Å². The Morgan fingerprint density at radius 1 is 1.39 bits per heavy atom. The second-order valence-electron chi connectivity index (χ2n) is 3.49. The zero-order chi connectivity index (χ0) is 13.7. The van der Waals surface area contributed by atoms with Crippen molar-refractivity contribution in [2.45, 2.75) is 6.43 Å². The molecule has 0 bridgehead atoms. The molecule has 0 heterocycles. The van der Waals surface area contributed by atoms with Crippen molar-refractivity contribution in [3.05, 3.63) is 34.1 Å². The van der Waals surface area contributed by atoms with Crippen LogP contribution in [0.15, 0.2) is 18.2 Å². The second kappa shape index (κ2) is 6.20. The van der Waals surface area contributed by atoms with Crippen LogP contribution in [0, 0.1) is 15.9 Å². The van der Waals surface area contributed by atoms with E-state index in [1.165, 1.54) is 0 Å². The lowest BCUT2D eigenvalue weighted by atomic mass is 10.2. The van der Waals surface area contributed by atoms with Crippen LogP contribution in [0.4, 0.5) is 24.5 Å². The van der Waals surface area contributed by atoms with Crippen LogP contribution in [0.5, 0.6) is 0 Å². The number of rotatable bonds is 6. The quantitative estimate of drug-likeness (QED) is 0.628. The summed E-state index contributed by atoms with van der Waals surface area (Å²) in [5, 5.41) is 19.3. The summed E-state index contributed by atoms with van der Waals surface area (Å²) in [6.07, 6.45) is -2.70. The first-order chi connectivity index (χ1) is 8.43. The lowest BCUT2D eigenvalue weighted by Crippen LogP contribution is -2.31. The average molecular weight is 264 g/mol. The largest absolute Gasteiger partial charge is 0.395 e. The Bertz CT molecular complexity index is 429. The molecular formula is C10H11F3N2O3. The van der Waals surface area contributed by atoms with E-state index in [-0.39, 0.29) is 12.2 Å². The van der Waals surface area contributed by atoms with Crippen molar-refractivity contribution in [2.75, 3.05) is 24.6 Å². The number of halogens is 3. The fraction of sp³-hybridized carbons (Fsp3) is 0.400. The van der Waals surface area contributed by atoms with Crippen LogP contribution in [0.3, 0.4) is 0 Å². The van der Waals surface area contributed by atoms with Gasteiger partial charge in [0.25, 0.3) is 12.1 Å². The van der Waals surface area contributed by atoms with E-state index in [1.54, 1.807) is 0 Å². The molecule has 0 aliphatic rings. The molecule has 100 valence electrons. The van der Waals surface area contributed by atoms with Crippen molar-refractivity contribution in [1.82, 2.24) is 0 Å². The molecule has 0 fully saturated rings. The smallest absolute Gasteiger partial charge is 0.274 e. The van der Waals surface area contributed by atoms with Gasteiger partial charge in [-0.3, -0.25) is 10.1 Å². The average Bonchev–Trinajstić information content (AvgIpc) is 2.27. The van der Waals surface area contributed by atoms with Gasteiger partial charge in [-0.1, -0.05) is 0 Å². The number of anilines is 1. The lowest BCUT2D eigenvalue weighted by molar-refractivity contribution is -0.385. The van der Waals surface area contributed by atoms with Crippen molar-refractivity contribution in [3.63, 3.8) is 0 Å². The lowest BCUT2D eigenvalue weighted by Gasteiger charge is -2.23. The highest BCUT2D eigenvalue weighted by atomic mass is 19.3. The molecule has 1 aromatic carbocycles. The van der Waals surface area contributed by atoms with Gasteiger partial charge in [0.05, 0.1) is 24.1 Å². The molecule has 1 rings (SSSR count). The number of aliphatic hydroxyl groups excluding tert-OH is 1. The molecule has 0 atom stereocenters. The first-order valence-electron chi connectivity index (χ1n) is 5.03. The molecule has 0 aliphatic carbocycles. The van der Waals surface area contributed by atoms with Gasteiger partial charge in [0.2, 0.25) is 0 Å². The minimum absolute atomic E-state index is 0.0592. The number of aliphatic hydroxyl groups is 1. The van der Waals surface area contributed by atoms with Crippen LogP contribution in [0.2, 0.25) is 0 Å². The van der Waals surface area contributed by atoms with Crippen LogP contribution >= 0.6 is 0 Å². The zero-order valence-electron chi connectivity index (χ0n) is 9.22. The van der Waals surface area contributed by atoms with Crippen molar-refractivity contribution >= 4 is 11.4 Å². The standard InChI is InChI=1S/C10H11F3N2O3/c11-7-3-8(5-9(4-7)15(17)18)14(1-2-16)6-10(12)13/h3-5,10,16H,1-2,6H2. The molecule has 0 radical (unpaired) electrons. The third kappa shape index (κ3) is 3.88. The molecule has 0 aromatic heterocycles. The summed E-state index contributed by atoms with van der Waals surface area (Å²) in [6, 6.07) is 2.59. The van der Waals surface area contributed by atoms with Crippen molar-refractivity contribution in [3.8, 4) is 0 Å². The zero-order valence-corrected chi connectivity index (χ0v) is 9.22. The highest BCUT2D eigenvalue weighted by Crippen LogP contribution is 2.23. The molecule has 1 N–H and O–H groups in total. The van der Waals surface area contributed by atoms with Crippen LogP contribution in [-0.4, -0.2) is 36.2 Å². The van der Waals surface area contributed by atoms with Gasteiger partial charge < -0.3 is 10.0 Å². The SMILES string of the molecule is O=[N+]([O-])c1cc(F)cc(N(CCO)CC(F)F)c1. The van der Waals surface area contributed by atoms with Crippen LogP contribution in [0.25, 0.3) is 0 Å². The van der Waals surface area contributed by atoms with Crippen molar-refractivity contribution in [2.24, 2.45) is 0 Å². The summed E-state index contributed by atoms with van der Waals surface area (Å²) in [7, 11) is 0. The Labute approximate surface area is 101 Å². The van der Waals surface area contributed by atoms with Gasteiger partial charge >= 0.3 is 0 Å². The van der Waals surface area contributed by atoms with Crippen LogP contribution < -0.4 is 4.90 Å². The number of hydrogen-bond donors (Lipinski definition) is 1. The fourth-order valence-corrected chi connectivity index (χ4v) is 1.46. The number of nitro benzene ring substituents is 1. The van der Waals surface area contributed by atoms with E-state index < -0.39 is 36.0 Å². The third-order valence-corrected chi connectivity index (χ3v) is 2.17. The number of non-ortho nitro benzene ring substituents is 1. The third-order valence-electron chi connectivity index (χ3n) is 2.17. The summed E-state index contributed by atoms with van der Waals surface area (Å²) in [5.41, 5.74) is -0.585. The van der Waals surface area contributed by atoms with E-state index >= 15 is 0 Å². The number of nitrogens with zero attached hydrogens (tertiary/aromatic N) is 2. The van der Waals surface area contributed by atoms with Crippen LogP contribution in [-0.2, 0) is 0 Å². The number of alkyl halides is 2. The van der Waals surface area contributed by atoms with E-state index in [1.807, 2.05) is 0 Å². The summed E-state index contributed by atoms with van der Waals surface area (Å²) in [6.45, 7) is -1.32. The van der Waals surface area contributed by atoms with E-state index in [4.69, 9.17) is 5.11 Å². The van der Waals surface area contributed by atoms with E-state index in [2.05, 4.69) is 0 Å². The Hall–Kier alpha value is -1.83. The Morgan fingerprint density at radius 2 is 2.06 bits per heavy atom. The molecule has 0 amide bonds. The van der Waals surface area contributed by atoms with Gasteiger partial charge in [-0.25, -0.2) is 13.2 Å². The molecule has 0 aliphatic heterocycles. The predicted molar refractivity (Wildman–Crippen MR) is 58.4 cm³/mol. The first kappa shape index (κ1) is 14.2. The predicted octanol–water partition coefficient (Wildman–Crippen LogP) is 1.80. The molecule has 0 saturated carbocycles. The summed E-state index contributed by atoms with van der Waals surface area (Å²) in [4.78, 5) is 10.7. The van der Waals surface area contributed by atoms with Gasteiger partial charge in [-0.2, -0.15) is 0 Å². The topological polar surface area (TPSA) is 66.6 Å². The van der Waals surface area contributed by atoms with Crippen molar-refractivity contribution < 1.29 is 23.2 Å². The summed E-state index contributed by atoms with van der Waals surface area (Å²) in [5.74, 6) is -0.892. The van der Waals surface area contributed by atoms with Gasteiger partial charge in [0, 0.05) is 18.3 Å². The monoisotopic (exact) mass is 264 g/mol. The van der Waals surface area contributed by atoms with Gasteiger partial charge in [-0.15, -0.1) is 0 Å². The molecule has 8 heteroatoms. The number of hydrogen-bond acceptors (Lipinski definition) is 4. The Morgan fingerprint density at radius 3 is 2.56 bits per heavy atom. The normalized spacial score (nSPS) is 10.7. The fourth-order valence-electron chi connectivity index (χ4n) is 1.46. The highest BCUT2D eigenvalue weighted by Gasteiger charge is 2.17. The number of benzene rings is 1.